The Kier molecular flexibility index (Phi) is 4.92. The van der Waals surface area contributed by atoms with Gasteiger partial charge >= 0.3 is 0 Å². The lowest BCUT2D eigenvalue weighted by Crippen LogP contribution is -2.48. The maximum absolute atomic E-state index is 12.8. The number of ether oxygens (including phenoxy) is 1. The number of amides is 1. The minimum Gasteiger partial charge on any atom is -0.497 e. The second-order valence-corrected chi connectivity index (χ2v) is 6.93. The average Bonchev–Trinajstić information content (AvgIpc) is 2.61. The van der Waals surface area contributed by atoms with E-state index in [1.54, 1.807) is 18.1 Å². The molecule has 1 fully saturated rings. The lowest BCUT2D eigenvalue weighted by Gasteiger charge is -2.39. The number of piperidine rings is 1. The van der Waals surface area contributed by atoms with Gasteiger partial charge in [-0.3, -0.25) is 4.79 Å². The van der Waals surface area contributed by atoms with Gasteiger partial charge in [0.2, 0.25) is 0 Å². The standard InChI is InChI=1S/C19H20BrNO3/c1-24-15-7-4-6-14(12-15)19(23)10-5-11-21(13-19)18(22)16-8-2-3-9-17(16)20/h2-4,6-9,12,23H,5,10-11,13H2,1H3. The second kappa shape index (κ2) is 6.95. The highest BCUT2D eigenvalue weighted by Crippen LogP contribution is 2.34. The van der Waals surface area contributed by atoms with Crippen LogP contribution in [0.4, 0.5) is 0 Å². The molecule has 0 aromatic heterocycles. The molecule has 0 saturated carbocycles. The van der Waals surface area contributed by atoms with E-state index in [1.807, 2.05) is 42.5 Å². The number of carbonyl (C=O) groups excluding carboxylic acids is 1. The van der Waals surface area contributed by atoms with Crippen molar-refractivity contribution >= 4 is 21.8 Å². The Morgan fingerprint density at radius 2 is 2.04 bits per heavy atom. The molecule has 0 bridgehead atoms. The predicted molar refractivity (Wildman–Crippen MR) is 96.2 cm³/mol. The monoisotopic (exact) mass is 389 g/mol. The van der Waals surface area contributed by atoms with E-state index >= 15 is 0 Å². The van der Waals surface area contributed by atoms with E-state index in [-0.39, 0.29) is 12.5 Å². The van der Waals surface area contributed by atoms with Crippen LogP contribution in [0.1, 0.15) is 28.8 Å². The Morgan fingerprint density at radius 1 is 1.25 bits per heavy atom. The molecule has 1 amide bonds. The first-order chi connectivity index (χ1) is 11.5. The number of hydrogen-bond donors (Lipinski definition) is 1. The molecule has 1 aliphatic rings. The number of nitrogens with zero attached hydrogens (tertiary/aromatic N) is 1. The normalized spacial score (nSPS) is 20.7. The Bertz CT molecular complexity index is 749. The number of β-amino-alcohol motifs (C(OH)–C–C–N with tert-alkyl or cyclic N) is 1. The quantitative estimate of drug-likeness (QED) is 0.872. The van der Waals surface area contributed by atoms with Crippen LogP contribution in [0.2, 0.25) is 0 Å². The van der Waals surface area contributed by atoms with E-state index in [1.165, 1.54) is 0 Å². The van der Waals surface area contributed by atoms with Gasteiger partial charge in [-0.05, 0) is 58.6 Å². The van der Waals surface area contributed by atoms with Crippen LogP contribution in [0.5, 0.6) is 5.75 Å². The van der Waals surface area contributed by atoms with Gasteiger partial charge in [0.25, 0.3) is 5.91 Å². The lowest BCUT2D eigenvalue weighted by molar-refractivity contribution is -0.0290. The van der Waals surface area contributed by atoms with Gasteiger partial charge in [0, 0.05) is 11.0 Å². The summed E-state index contributed by atoms with van der Waals surface area (Å²) in [6.07, 6.45) is 1.38. The summed E-state index contributed by atoms with van der Waals surface area (Å²) in [7, 11) is 1.60. The van der Waals surface area contributed by atoms with Crippen LogP contribution in [-0.4, -0.2) is 36.1 Å². The van der Waals surface area contributed by atoms with Gasteiger partial charge in [0.15, 0.2) is 0 Å². The van der Waals surface area contributed by atoms with Crippen LogP contribution >= 0.6 is 15.9 Å². The van der Waals surface area contributed by atoms with Gasteiger partial charge in [-0.1, -0.05) is 24.3 Å². The molecule has 1 aliphatic heterocycles. The summed E-state index contributed by atoms with van der Waals surface area (Å²) in [6, 6.07) is 14.8. The molecule has 2 aromatic rings. The van der Waals surface area contributed by atoms with Crippen molar-refractivity contribution in [3.05, 3.63) is 64.1 Å². The molecule has 2 aromatic carbocycles. The number of methoxy groups -OCH3 is 1. The SMILES string of the molecule is COc1cccc(C2(O)CCCN(C(=O)c3ccccc3Br)C2)c1. The zero-order valence-corrected chi connectivity index (χ0v) is 15.1. The molecular formula is C19H20BrNO3. The van der Waals surface area contributed by atoms with Crippen molar-refractivity contribution in [2.75, 3.05) is 20.2 Å². The van der Waals surface area contributed by atoms with Crippen LogP contribution in [-0.2, 0) is 5.60 Å². The molecule has 0 aliphatic carbocycles. The number of carbonyl (C=O) groups is 1. The van der Waals surface area contributed by atoms with Crippen molar-refractivity contribution in [2.45, 2.75) is 18.4 Å². The van der Waals surface area contributed by atoms with Gasteiger partial charge < -0.3 is 14.7 Å². The third kappa shape index (κ3) is 3.32. The van der Waals surface area contributed by atoms with Crippen molar-refractivity contribution in [3.8, 4) is 5.75 Å². The number of halogens is 1. The van der Waals surface area contributed by atoms with E-state index in [0.29, 0.717) is 24.3 Å². The largest absolute Gasteiger partial charge is 0.497 e. The molecular weight excluding hydrogens is 370 g/mol. The van der Waals surface area contributed by atoms with Crippen molar-refractivity contribution in [2.24, 2.45) is 0 Å². The van der Waals surface area contributed by atoms with Gasteiger partial charge in [-0.15, -0.1) is 0 Å². The molecule has 0 spiro atoms. The first-order valence-electron chi connectivity index (χ1n) is 7.94. The molecule has 1 saturated heterocycles. The number of benzene rings is 2. The molecule has 4 nitrogen and oxygen atoms in total. The fraction of sp³-hybridized carbons (Fsp3) is 0.316. The Morgan fingerprint density at radius 3 is 2.79 bits per heavy atom. The smallest absolute Gasteiger partial charge is 0.255 e. The summed E-state index contributed by atoms with van der Waals surface area (Å²) in [5.41, 5.74) is 0.350. The van der Waals surface area contributed by atoms with E-state index in [9.17, 15) is 9.90 Å². The van der Waals surface area contributed by atoms with Gasteiger partial charge in [-0.2, -0.15) is 0 Å². The molecule has 3 rings (SSSR count). The first-order valence-corrected chi connectivity index (χ1v) is 8.73. The Labute approximate surface area is 150 Å². The predicted octanol–water partition coefficient (Wildman–Crippen LogP) is 3.58. The summed E-state index contributed by atoms with van der Waals surface area (Å²) in [6.45, 7) is 0.923. The zero-order valence-electron chi connectivity index (χ0n) is 13.5. The number of likely N-dealkylation sites (tertiary alicyclic amines) is 1. The maximum atomic E-state index is 12.8. The third-order valence-corrected chi connectivity index (χ3v) is 5.16. The van der Waals surface area contributed by atoms with Crippen molar-refractivity contribution in [3.63, 3.8) is 0 Å². The van der Waals surface area contributed by atoms with E-state index in [4.69, 9.17) is 4.74 Å². The summed E-state index contributed by atoms with van der Waals surface area (Å²) < 4.78 is 6.02. The number of aliphatic hydroxyl groups is 1. The van der Waals surface area contributed by atoms with E-state index in [0.717, 1.165) is 16.5 Å². The molecule has 126 valence electrons. The van der Waals surface area contributed by atoms with Crippen LogP contribution in [0.15, 0.2) is 53.0 Å². The highest BCUT2D eigenvalue weighted by atomic mass is 79.9. The zero-order chi connectivity index (χ0) is 17.2. The van der Waals surface area contributed by atoms with Crippen LogP contribution in [0.25, 0.3) is 0 Å². The molecule has 0 radical (unpaired) electrons. The summed E-state index contributed by atoms with van der Waals surface area (Å²) >= 11 is 3.43. The van der Waals surface area contributed by atoms with Crippen molar-refractivity contribution < 1.29 is 14.6 Å². The summed E-state index contributed by atoms with van der Waals surface area (Å²) in [5.74, 6) is 0.638. The summed E-state index contributed by atoms with van der Waals surface area (Å²) in [5, 5.41) is 11.1. The van der Waals surface area contributed by atoms with Gasteiger partial charge in [-0.25, -0.2) is 0 Å². The Balaban J connectivity index is 1.85. The molecule has 1 atom stereocenters. The lowest BCUT2D eigenvalue weighted by atomic mass is 9.85. The Hall–Kier alpha value is -1.85. The molecule has 1 heterocycles. The molecule has 1 unspecified atom stereocenters. The number of rotatable bonds is 3. The van der Waals surface area contributed by atoms with Crippen molar-refractivity contribution in [1.29, 1.82) is 0 Å². The fourth-order valence-electron chi connectivity index (χ4n) is 3.16. The van der Waals surface area contributed by atoms with E-state index in [2.05, 4.69) is 15.9 Å². The molecule has 5 heteroatoms. The van der Waals surface area contributed by atoms with Crippen molar-refractivity contribution in [1.82, 2.24) is 4.90 Å². The summed E-state index contributed by atoms with van der Waals surface area (Å²) in [4.78, 5) is 14.5. The minimum absolute atomic E-state index is 0.0662. The first kappa shape index (κ1) is 17.0. The van der Waals surface area contributed by atoms with Crippen LogP contribution in [0.3, 0.4) is 0 Å². The highest BCUT2D eigenvalue weighted by molar-refractivity contribution is 9.10. The third-order valence-electron chi connectivity index (χ3n) is 4.47. The topological polar surface area (TPSA) is 49.8 Å². The molecule has 24 heavy (non-hydrogen) atoms. The highest BCUT2D eigenvalue weighted by Gasteiger charge is 2.37. The maximum Gasteiger partial charge on any atom is 0.255 e. The molecule has 1 N–H and O–H groups in total. The van der Waals surface area contributed by atoms with Crippen LogP contribution < -0.4 is 4.74 Å². The van der Waals surface area contributed by atoms with Crippen LogP contribution in [0, 0.1) is 0 Å². The minimum atomic E-state index is -1.05. The fourth-order valence-corrected chi connectivity index (χ4v) is 3.62. The second-order valence-electron chi connectivity index (χ2n) is 6.07. The van der Waals surface area contributed by atoms with E-state index < -0.39 is 5.60 Å². The van der Waals surface area contributed by atoms with Gasteiger partial charge in [0.1, 0.15) is 11.4 Å². The van der Waals surface area contributed by atoms with Gasteiger partial charge in [0.05, 0.1) is 19.2 Å². The average molecular weight is 390 g/mol. The number of hydrogen-bond acceptors (Lipinski definition) is 3.